The van der Waals surface area contributed by atoms with E-state index >= 15 is 0 Å². The van der Waals surface area contributed by atoms with Crippen molar-refractivity contribution >= 4 is 28.7 Å². The average molecular weight is 187 g/mol. The minimum Gasteiger partial charge on any atom is -0.304 e. The van der Waals surface area contributed by atoms with Crippen LogP contribution in [-0.2, 0) is 9.59 Å². The third kappa shape index (κ3) is 2.23. The summed E-state index contributed by atoms with van der Waals surface area (Å²) < 4.78 is 0. The summed E-state index contributed by atoms with van der Waals surface area (Å²) in [5.74, 6) is 0.180. The number of rotatable bonds is 0. The first-order valence-electron chi connectivity index (χ1n) is 3.36. The second kappa shape index (κ2) is 3.57. The Morgan fingerprint density at radius 1 is 1.58 bits per heavy atom. The molecule has 0 atom stereocenters. The number of carbonyl (C=O) groups excluding carboxylic acids is 2. The van der Waals surface area contributed by atoms with Gasteiger partial charge >= 0.3 is 0 Å². The molecule has 1 aliphatic heterocycles. The Balaban J connectivity index is 2.54. The fourth-order valence-corrected chi connectivity index (χ4v) is 1.52. The lowest BCUT2D eigenvalue weighted by Gasteiger charge is -2.04. The first-order valence-corrected chi connectivity index (χ1v) is 4.35. The summed E-state index contributed by atoms with van der Waals surface area (Å²) in [6.45, 7) is 2.83. The van der Waals surface area contributed by atoms with Gasteiger partial charge in [0.15, 0.2) is 5.17 Å². The molecule has 0 spiro atoms. The van der Waals surface area contributed by atoms with E-state index in [4.69, 9.17) is 0 Å². The van der Waals surface area contributed by atoms with Crippen molar-refractivity contribution in [3.05, 3.63) is 0 Å². The van der Waals surface area contributed by atoms with Gasteiger partial charge < -0.3 is 5.32 Å². The van der Waals surface area contributed by atoms with Crippen molar-refractivity contribution in [1.29, 1.82) is 0 Å². The van der Waals surface area contributed by atoms with E-state index in [2.05, 4.69) is 10.4 Å². The minimum atomic E-state index is -0.174. The van der Waals surface area contributed by atoms with E-state index in [0.717, 1.165) is 0 Å². The molecule has 2 amide bonds. The largest absolute Gasteiger partial charge is 0.304 e. The van der Waals surface area contributed by atoms with Crippen molar-refractivity contribution in [1.82, 2.24) is 10.3 Å². The molecule has 1 rings (SSSR count). The highest BCUT2D eigenvalue weighted by Gasteiger charge is 2.18. The van der Waals surface area contributed by atoms with Crippen LogP contribution in [0.5, 0.6) is 0 Å². The SMILES string of the molecule is CC(=O)NC1=NN(C(C)=O)CS1. The van der Waals surface area contributed by atoms with Gasteiger partial charge in [0.05, 0.1) is 5.88 Å². The second-order valence-corrected chi connectivity index (χ2v) is 3.21. The molecule has 0 aromatic carbocycles. The molecule has 1 N–H and O–H groups in total. The average Bonchev–Trinajstić information content (AvgIpc) is 2.34. The van der Waals surface area contributed by atoms with Crippen LogP contribution in [0.25, 0.3) is 0 Å². The van der Waals surface area contributed by atoms with Gasteiger partial charge in [-0.2, -0.15) is 0 Å². The van der Waals surface area contributed by atoms with E-state index in [-0.39, 0.29) is 11.8 Å². The summed E-state index contributed by atoms with van der Waals surface area (Å²) in [6, 6.07) is 0. The van der Waals surface area contributed by atoms with E-state index in [9.17, 15) is 9.59 Å². The van der Waals surface area contributed by atoms with Gasteiger partial charge in [-0.25, -0.2) is 5.01 Å². The monoisotopic (exact) mass is 187 g/mol. The summed E-state index contributed by atoms with van der Waals surface area (Å²) in [4.78, 5) is 21.3. The number of carbonyl (C=O) groups is 2. The van der Waals surface area contributed by atoms with Gasteiger partial charge in [0, 0.05) is 13.8 Å². The molecule has 0 aliphatic carbocycles. The second-order valence-electron chi connectivity index (χ2n) is 2.28. The van der Waals surface area contributed by atoms with Crippen LogP contribution < -0.4 is 5.32 Å². The summed E-state index contributed by atoms with van der Waals surface area (Å²) in [6.07, 6.45) is 0. The number of amides is 2. The topological polar surface area (TPSA) is 61.8 Å². The van der Waals surface area contributed by atoms with E-state index in [1.54, 1.807) is 0 Å². The molecule has 0 aromatic rings. The molecule has 0 unspecified atom stereocenters. The fourth-order valence-electron chi connectivity index (χ4n) is 0.663. The van der Waals surface area contributed by atoms with Crippen molar-refractivity contribution in [2.75, 3.05) is 5.88 Å². The molecular weight excluding hydrogens is 178 g/mol. The maximum absolute atomic E-state index is 10.8. The molecule has 1 heterocycles. The van der Waals surface area contributed by atoms with Crippen LogP contribution >= 0.6 is 11.8 Å². The van der Waals surface area contributed by atoms with Crippen molar-refractivity contribution in [3.8, 4) is 0 Å². The number of amidine groups is 1. The predicted octanol–water partition coefficient (Wildman–Crippen LogP) is -0.0537. The number of hydrogen-bond acceptors (Lipinski definition) is 4. The van der Waals surface area contributed by atoms with Crippen molar-refractivity contribution in [2.24, 2.45) is 5.10 Å². The third-order valence-electron chi connectivity index (χ3n) is 1.18. The minimum absolute atomic E-state index is 0.122. The molecule has 0 fully saturated rings. The normalized spacial score (nSPS) is 15.8. The first kappa shape index (κ1) is 9.05. The zero-order chi connectivity index (χ0) is 9.14. The van der Waals surface area contributed by atoms with Gasteiger partial charge in [0.25, 0.3) is 0 Å². The number of hydrogen-bond donors (Lipinski definition) is 1. The van der Waals surface area contributed by atoms with Crippen LogP contribution in [0.4, 0.5) is 0 Å². The molecule has 0 radical (unpaired) electrons. The van der Waals surface area contributed by atoms with E-state index in [1.165, 1.54) is 30.6 Å². The van der Waals surface area contributed by atoms with Gasteiger partial charge in [0.2, 0.25) is 11.8 Å². The van der Waals surface area contributed by atoms with Crippen LogP contribution in [-0.4, -0.2) is 27.9 Å². The maximum Gasteiger partial charge on any atom is 0.240 e. The fraction of sp³-hybridized carbons (Fsp3) is 0.500. The van der Waals surface area contributed by atoms with Crippen molar-refractivity contribution < 1.29 is 9.59 Å². The smallest absolute Gasteiger partial charge is 0.240 e. The van der Waals surface area contributed by atoms with Crippen molar-refractivity contribution in [2.45, 2.75) is 13.8 Å². The maximum atomic E-state index is 10.8. The highest BCUT2D eigenvalue weighted by molar-refractivity contribution is 8.14. The molecule has 0 aromatic heterocycles. The van der Waals surface area contributed by atoms with Crippen LogP contribution in [0.3, 0.4) is 0 Å². The Morgan fingerprint density at radius 2 is 2.25 bits per heavy atom. The number of nitrogens with one attached hydrogen (secondary N) is 1. The number of thioether (sulfide) groups is 1. The van der Waals surface area contributed by atoms with Crippen LogP contribution in [0, 0.1) is 0 Å². The lowest BCUT2D eigenvalue weighted by atomic mass is 10.7. The Hall–Kier alpha value is -1.04. The molecule has 0 bridgehead atoms. The van der Waals surface area contributed by atoms with E-state index in [0.29, 0.717) is 11.0 Å². The van der Waals surface area contributed by atoms with Gasteiger partial charge in [-0.3, -0.25) is 9.59 Å². The Labute approximate surface area is 74.2 Å². The Bertz CT molecular complexity index is 251. The summed E-state index contributed by atoms with van der Waals surface area (Å²) >= 11 is 1.33. The molecule has 66 valence electrons. The Morgan fingerprint density at radius 3 is 2.67 bits per heavy atom. The molecule has 0 saturated heterocycles. The highest BCUT2D eigenvalue weighted by Crippen LogP contribution is 2.14. The van der Waals surface area contributed by atoms with Crippen LogP contribution in [0.1, 0.15) is 13.8 Å². The lowest BCUT2D eigenvalue weighted by molar-refractivity contribution is -0.127. The first-order chi connectivity index (χ1) is 5.59. The number of hydrazone groups is 1. The van der Waals surface area contributed by atoms with E-state index in [1.807, 2.05) is 0 Å². The quantitative estimate of drug-likeness (QED) is 0.578. The molecule has 0 saturated carbocycles. The number of nitrogens with zero attached hydrogens (tertiary/aromatic N) is 2. The molecular formula is C6H9N3O2S. The summed E-state index contributed by atoms with van der Waals surface area (Å²) in [7, 11) is 0. The molecule has 12 heavy (non-hydrogen) atoms. The molecule has 1 aliphatic rings. The molecule has 5 nitrogen and oxygen atoms in total. The Kier molecular flexibility index (Phi) is 2.69. The van der Waals surface area contributed by atoms with Gasteiger partial charge in [-0.15, -0.1) is 5.10 Å². The van der Waals surface area contributed by atoms with Crippen LogP contribution in [0.15, 0.2) is 5.10 Å². The van der Waals surface area contributed by atoms with Gasteiger partial charge in [0.1, 0.15) is 0 Å². The van der Waals surface area contributed by atoms with E-state index < -0.39 is 0 Å². The summed E-state index contributed by atoms with van der Waals surface area (Å²) in [5, 5.41) is 8.15. The third-order valence-corrected chi connectivity index (χ3v) is 2.01. The summed E-state index contributed by atoms with van der Waals surface area (Å²) in [5.41, 5.74) is 0. The predicted molar refractivity (Wildman–Crippen MR) is 46.2 cm³/mol. The van der Waals surface area contributed by atoms with Crippen LogP contribution in [0.2, 0.25) is 0 Å². The molecule has 6 heteroatoms. The zero-order valence-corrected chi connectivity index (χ0v) is 7.64. The zero-order valence-electron chi connectivity index (χ0n) is 6.83. The highest BCUT2D eigenvalue weighted by atomic mass is 32.2. The standard InChI is InChI=1S/C6H9N3O2S/c1-4(10)7-6-8-9(3-12-6)5(2)11/h3H2,1-2H3,(H,7,8,10). The van der Waals surface area contributed by atoms with Gasteiger partial charge in [-0.1, -0.05) is 11.8 Å². The van der Waals surface area contributed by atoms with Gasteiger partial charge in [-0.05, 0) is 0 Å². The lowest BCUT2D eigenvalue weighted by Crippen LogP contribution is -2.24. The van der Waals surface area contributed by atoms with Crippen molar-refractivity contribution in [3.63, 3.8) is 0 Å².